The van der Waals surface area contributed by atoms with Gasteiger partial charge < -0.3 is 4.90 Å². The second-order valence-electron chi connectivity index (χ2n) is 7.66. The number of nitrogens with zero attached hydrogens (tertiary/aromatic N) is 2. The van der Waals surface area contributed by atoms with Crippen molar-refractivity contribution in [2.45, 2.75) is 39.0 Å². The minimum absolute atomic E-state index is 0.100. The predicted octanol–water partition coefficient (Wildman–Crippen LogP) is 4.98. The van der Waals surface area contributed by atoms with E-state index in [1.165, 1.54) is 16.3 Å². The molecule has 1 amide bonds. The maximum atomic E-state index is 12.7. The van der Waals surface area contributed by atoms with Gasteiger partial charge >= 0.3 is 0 Å². The Morgan fingerprint density at radius 3 is 2.89 bits per heavy atom. The number of piperidine rings is 1. The zero-order chi connectivity index (χ0) is 18.8. The van der Waals surface area contributed by atoms with Crippen LogP contribution in [0.1, 0.15) is 44.7 Å². The van der Waals surface area contributed by atoms with E-state index in [0.29, 0.717) is 5.92 Å². The molecule has 0 radical (unpaired) electrons. The van der Waals surface area contributed by atoms with Crippen LogP contribution in [-0.4, -0.2) is 34.1 Å². The Morgan fingerprint density at radius 1 is 1.22 bits per heavy atom. The first kappa shape index (κ1) is 17.8. The molecule has 1 fully saturated rings. The highest BCUT2D eigenvalue weighted by molar-refractivity contribution is 5.97. The summed E-state index contributed by atoms with van der Waals surface area (Å²) in [6, 6.07) is 14.9. The highest BCUT2D eigenvalue weighted by Crippen LogP contribution is 2.36. The second kappa shape index (κ2) is 7.55. The van der Waals surface area contributed by atoms with E-state index in [1.54, 1.807) is 0 Å². The van der Waals surface area contributed by atoms with Crippen LogP contribution in [0.4, 0.5) is 0 Å². The summed E-state index contributed by atoms with van der Waals surface area (Å²) in [6.45, 7) is 5.77. The Labute approximate surface area is 160 Å². The van der Waals surface area contributed by atoms with E-state index in [4.69, 9.17) is 0 Å². The Hall–Kier alpha value is -2.62. The van der Waals surface area contributed by atoms with Gasteiger partial charge in [-0.05, 0) is 35.6 Å². The minimum Gasteiger partial charge on any atom is -0.342 e. The van der Waals surface area contributed by atoms with Gasteiger partial charge in [-0.15, -0.1) is 0 Å². The van der Waals surface area contributed by atoms with E-state index in [1.807, 2.05) is 13.1 Å². The number of likely N-dealkylation sites (tertiary alicyclic amines) is 1. The summed E-state index contributed by atoms with van der Waals surface area (Å²) in [5.74, 6) is 0.694. The van der Waals surface area contributed by atoms with Crippen molar-refractivity contribution < 1.29 is 4.79 Å². The van der Waals surface area contributed by atoms with E-state index in [9.17, 15) is 4.79 Å². The summed E-state index contributed by atoms with van der Waals surface area (Å²) in [4.78, 5) is 14.7. The molecule has 1 N–H and O–H groups in total. The summed E-state index contributed by atoms with van der Waals surface area (Å²) in [5.41, 5.74) is 3.53. The fraction of sp³-hybridized carbons (Fsp3) is 0.391. The summed E-state index contributed by atoms with van der Waals surface area (Å²) in [7, 11) is 0. The van der Waals surface area contributed by atoms with Crippen LogP contribution < -0.4 is 0 Å². The van der Waals surface area contributed by atoms with Gasteiger partial charge in [0.2, 0.25) is 5.91 Å². The average molecular weight is 361 g/mol. The van der Waals surface area contributed by atoms with Gasteiger partial charge in [0, 0.05) is 36.2 Å². The molecule has 0 unspecified atom stereocenters. The van der Waals surface area contributed by atoms with Crippen molar-refractivity contribution >= 4 is 16.7 Å². The third kappa shape index (κ3) is 3.36. The highest BCUT2D eigenvalue weighted by Gasteiger charge is 2.29. The molecule has 4 heteroatoms. The number of aromatic amines is 1. The molecule has 2 aromatic carbocycles. The number of fused-ring (bicyclic) bond motifs is 1. The molecule has 1 saturated heterocycles. The summed E-state index contributed by atoms with van der Waals surface area (Å²) in [6.07, 6.45) is 4.96. The maximum absolute atomic E-state index is 12.7. The van der Waals surface area contributed by atoms with E-state index in [-0.39, 0.29) is 11.8 Å². The van der Waals surface area contributed by atoms with Gasteiger partial charge in [-0.3, -0.25) is 9.89 Å². The molecular weight excluding hydrogens is 334 g/mol. The van der Waals surface area contributed by atoms with Gasteiger partial charge in [0.1, 0.15) is 0 Å². The van der Waals surface area contributed by atoms with Crippen molar-refractivity contribution in [3.8, 4) is 11.1 Å². The number of hydrogen-bond acceptors (Lipinski definition) is 2. The predicted molar refractivity (Wildman–Crippen MR) is 110 cm³/mol. The number of nitrogens with one attached hydrogen (secondary N) is 1. The first-order valence-electron chi connectivity index (χ1n) is 9.99. The molecule has 2 heterocycles. The number of carbonyl (C=O) groups is 1. The lowest BCUT2D eigenvalue weighted by molar-refractivity contribution is -0.136. The Morgan fingerprint density at radius 2 is 2.04 bits per heavy atom. The van der Waals surface area contributed by atoms with Crippen molar-refractivity contribution in [1.82, 2.24) is 15.1 Å². The lowest BCUT2D eigenvalue weighted by atomic mass is 9.88. The molecule has 1 aliphatic rings. The first-order valence-corrected chi connectivity index (χ1v) is 9.99. The van der Waals surface area contributed by atoms with Crippen LogP contribution >= 0.6 is 0 Å². The standard InChI is InChI=1S/C23H27N3O/c1-3-16(2)23(27)26-13-7-10-18(15-26)22-21(14-24-25-22)20-12-6-9-17-8-4-5-11-19(17)20/h4-6,8-9,11-12,14,16,18H,3,7,10,13,15H2,1-2H3,(H,24,25)/t16-,18-/m0/s1. The molecule has 4 rings (SSSR count). The van der Waals surface area contributed by atoms with Crippen LogP contribution in [0.2, 0.25) is 0 Å². The van der Waals surface area contributed by atoms with Crippen LogP contribution in [0.3, 0.4) is 0 Å². The molecule has 140 valence electrons. The zero-order valence-electron chi connectivity index (χ0n) is 16.1. The Bertz CT molecular complexity index is 940. The topological polar surface area (TPSA) is 49.0 Å². The zero-order valence-corrected chi connectivity index (χ0v) is 16.1. The average Bonchev–Trinajstić information content (AvgIpc) is 3.22. The van der Waals surface area contributed by atoms with Gasteiger partial charge in [-0.1, -0.05) is 56.3 Å². The number of hydrogen-bond donors (Lipinski definition) is 1. The minimum atomic E-state index is 0.100. The number of carbonyl (C=O) groups excluding carboxylic acids is 1. The summed E-state index contributed by atoms with van der Waals surface area (Å²) in [5, 5.41) is 10.1. The molecule has 0 saturated carbocycles. The third-order valence-corrected chi connectivity index (χ3v) is 5.92. The van der Waals surface area contributed by atoms with E-state index >= 15 is 0 Å². The Kier molecular flexibility index (Phi) is 4.97. The molecule has 0 spiro atoms. The van der Waals surface area contributed by atoms with E-state index < -0.39 is 0 Å². The van der Waals surface area contributed by atoms with Crippen LogP contribution in [0, 0.1) is 5.92 Å². The van der Waals surface area contributed by atoms with Crippen molar-refractivity contribution in [2.24, 2.45) is 5.92 Å². The van der Waals surface area contributed by atoms with E-state index in [0.717, 1.165) is 43.6 Å². The number of H-pyrrole nitrogens is 1. The van der Waals surface area contributed by atoms with Gasteiger partial charge in [0.25, 0.3) is 0 Å². The number of aromatic nitrogens is 2. The molecule has 27 heavy (non-hydrogen) atoms. The molecule has 2 atom stereocenters. The van der Waals surface area contributed by atoms with Crippen molar-refractivity contribution in [2.75, 3.05) is 13.1 Å². The third-order valence-electron chi connectivity index (χ3n) is 5.92. The monoisotopic (exact) mass is 361 g/mol. The molecule has 4 nitrogen and oxygen atoms in total. The first-order chi connectivity index (χ1) is 13.2. The van der Waals surface area contributed by atoms with Crippen LogP contribution in [0.25, 0.3) is 21.9 Å². The lowest BCUT2D eigenvalue weighted by Crippen LogP contribution is -2.41. The molecule has 0 bridgehead atoms. The number of amides is 1. The quantitative estimate of drug-likeness (QED) is 0.712. The number of rotatable bonds is 4. The van der Waals surface area contributed by atoms with Crippen LogP contribution in [-0.2, 0) is 4.79 Å². The maximum Gasteiger partial charge on any atom is 0.225 e. The summed E-state index contributed by atoms with van der Waals surface area (Å²) < 4.78 is 0. The fourth-order valence-corrected chi connectivity index (χ4v) is 4.18. The molecule has 1 aliphatic heterocycles. The smallest absolute Gasteiger partial charge is 0.225 e. The molecule has 3 aromatic rings. The van der Waals surface area contributed by atoms with Gasteiger partial charge in [-0.2, -0.15) is 5.10 Å². The fourth-order valence-electron chi connectivity index (χ4n) is 4.18. The Balaban J connectivity index is 1.67. The van der Waals surface area contributed by atoms with Crippen molar-refractivity contribution in [3.05, 3.63) is 54.4 Å². The second-order valence-corrected chi connectivity index (χ2v) is 7.66. The van der Waals surface area contributed by atoms with Crippen LogP contribution in [0.5, 0.6) is 0 Å². The molecular formula is C23H27N3O. The van der Waals surface area contributed by atoms with E-state index in [2.05, 4.69) is 64.5 Å². The lowest BCUT2D eigenvalue weighted by Gasteiger charge is -2.34. The summed E-state index contributed by atoms with van der Waals surface area (Å²) >= 11 is 0. The normalized spacial score (nSPS) is 18.6. The molecule has 1 aromatic heterocycles. The highest BCUT2D eigenvalue weighted by atomic mass is 16.2. The van der Waals surface area contributed by atoms with Crippen molar-refractivity contribution in [3.63, 3.8) is 0 Å². The SMILES string of the molecule is CC[C@H](C)C(=O)N1CCC[C@H](c2[nH]ncc2-c2cccc3ccccc23)C1. The van der Waals surface area contributed by atoms with Crippen molar-refractivity contribution in [1.29, 1.82) is 0 Å². The largest absolute Gasteiger partial charge is 0.342 e. The van der Waals surface area contributed by atoms with Gasteiger partial charge in [0.15, 0.2) is 0 Å². The van der Waals surface area contributed by atoms with Gasteiger partial charge in [0.05, 0.1) is 6.20 Å². The molecule has 0 aliphatic carbocycles. The number of benzene rings is 2. The van der Waals surface area contributed by atoms with Gasteiger partial charge in [-0.25, -0.2) is 0 Å². The van der Waals surface area contributed by atoms with Crippen LogP contribution in [0.15, 0.2) is 48.7 Å².